The number of hydrogen-bond donors (Lipinski definition) is 2. The lowest BCUT2D eigenvalue weighted by atomic mass is 10.0. The summed E-state index contributed by atoms with van der Waals surface area (Å²) in [6.45, 7) is 6.46. The maximum Gasteiger partial charge on any atom is 0.118 e. The second-order valence-corrected chi connectivity index (χ2v) is 5.86. The molecule has 2 N–H and O–H groups in total. The highest BCUT2D eigenvalue weighted by molar-refractivity contribution is 5.36. The van der Waals surface area contributed by atoms with E-state index >= 15 is 0 Å². The molecule has 112 valence electrons. The molecule has 1 heterocycles. The number of phenols is 1. The predicted octanol–water partition coefficient (Wildman–Crippen LogP) is 0.944. The summed E-state index contributed by atoms with van der Waals surface area (Å²) in [6.07, 6.45) is 1.97. The van der Waals surface area contributed by atoms with Gasteiger partial charge in [-0.3, -0.25) is 0 Å². The molecule has 1 aliphatic rings. The molecule has 1 saturated heterocycles. The van der Waals surface area contributed by atoms with Gasteiger partial charge in [-0.2, -0.15) is 0 Å². The molecule has 2 rings (SSSR count). The molecule has 0 aromatic heterocycles. The molecular weight excluding hydrogens is 250 g/mol. The van der Waals surface area contributed by atoms with E-state index in [0.717, 1.165) is 57.7 Å². The molecule has 4 heteroatoms. The summed E-state index contributed by atoms with van der Waals surface area (Å²) < 4.78 is 0. The standard InChI is InChI=1S/C16H27N3O/c1-18(2)9-5-14-3-4-16(20)15(13-14)6-10-19-11-7-17-8-12-19/h3-4,13,17,20H,5-12H2,1-2H3. The summed E-state index contributed by atoms with van der Waals surface area (Å²) in [5.74, 6) is 0.439. The van der Waals surface area contributed by atoms with Gasteiger partial charge in [-0.05, 0) is 44.1 Å². The first-order valence-electron chi connectivity index (χ1n) is 7.54. The average Bonchev–Trinajstić information content (AvgIpc) is 2.46. The Morgan fingerprint density at radius 3 is 2.65 bits per heavy atom. The highest BCUT2D eigenvalue weighted by Crippen LogP contribution is 2.20. The molecule has 20 heavy (non-hydrogen) atoms. The van der Waals surface area contributed by atoms with Gasteiger partial charge in [-0.15, -0.1) is 0 Å². The van der Waals surface area contributed by atoms with Crippen LogP contribution in [0.3, 0.4) is 0 Å². The average molecular weight is 277 g/mol. The summed E-state index contributed by atoms with van der Waals surface area (Å²) in [4.78, 5) is 4.65. The Labute approximate surface area is 122 Å². The molecule has 0 aliphatic carbocycles. The van der Waals surface area contributed by atoms with Gasteiger partial charge in [-0.1, -0.05) is 12.1 Å². The molecule has 1 aromatic carbocycles. The fourth-order valence-corrected chi connectivity index (χ4v) is 2.56. The lowest BCUT2D eigenvalue weighted by molar-refractivity contribution is 0.243. The molecule has 1 fully saturated rings. The van der Waals surface area contributed by atoms with E-state index in [1.54, 1.807) is 0 Å². The number of piperazine rings is 1. The van der Waals surface area contributed by atoms with E-state index in [1.165, 1.54) is 5.56 Å². The van der Waals surface area contributed by atoms with E-state index in [0.29, 0.717) is 5.75 Å². The van der Waals surface area contributed by atoms with Gasteiger partial charge in [0.2, 0.25) is 0 Å². The topological polar surface area (TPSA) is 38.7 Å². The Hall–Kier alpha value is -1.10. The van der Waals surface area contributed by atoms with E-state index in [4.69, 9.17) is 0 Å². The molecule has 1 aromatic rings. The molecule has 0 saturated carbocycles. The largest absolute Gasteiger partial charge is 0.508 e. The van der Waals surface area contributed by atoms with Crippen molar-refractivity contribution in [3.05, 3.63) is 29.3 Å². The molecular formula is C16H27N3O. The zero-order valence-corrected chi connectivity index (χ0v) is 12.7. The van der Waals surface area contributed by atoms with Crippen LogP contribution in [0.4, 0.5) is 0 Å². The minimum atomic E-state index is 0.439. The Morgan fingerprint density at radius 2 is 1.95 bits per heavy atom. The Bertz CT molecular complexity index is 414. The molecule has 0 spiro atoms. The van der Waals surface area contributed by atoms with Crippen LogP contribution in [0, 0.1) is 0 Å². The minimum Gasteiger partial charge on any atom is -0.508 e. The van der Waals surface area contributed by atoms with Gasteiger partial charge < -0.3 is 20.2 Å². The van der Waals surface area contributed by atoms with Crippen molar-refractivity contribution in [2.75, 3.05) is 53.4 Å². The molecule has 0 unspecified atom stereocenters. The molecule has 0 radical (unpaired) electrons. The first-order chi connectivity index (χ1) is 9.65. The number of hydrogen-bond acceptors (Lipinski definition) is 4. The lowest BCUT2D eigenvalue weighted by Crippen LogP contribution is -2.44. The van der Waals surface area contributed by atoms with Gasteiger partial charge in [0.05, 0.1) is 0 Å². The maximum atomic E-state index is 10.0. The first-order valence-corrected chi connectivity index (χ1v) is 7.54. The van der Waals surface area contributed by atoms with Crippen molar-refractivity contribution in [2.45, 2.75) is 12.8 Å². The van der Waals surface area contributed by atoms with Crippen LogP contribution in [-0.2, 0) is 12.8 Å². The number of rotatable bonds is 6. The predicted molar refractivity (Wildman–Crippen MR) is 83.4 cm³/mol. The fraction of sp³-hybridized carbons (Fsp3) is 0.625. The molecule has 0 atom stereocenters. The maximum absolute atomic E-state index is 10.0. The third-order valence-corrected chi connectivity index (χ3v) is 3.90. The van der Waals surface area contributed by atoms with Crippen LogP contribution < -0.4 is 5.32 Å². The molecule has 0 amide bonds. The second kappa shape index (κ2) is 7.62. The van der Waals surface area contributed by atoms with Gasteiger partial charge in [-0.25, -0.2) is 0 Å². The number of nitrogens with zero attached hydrogens (tertiary/aromatic N) is 2. The van der Waals surface area contributed by atoms with Gasteiger partial charge in [0.1, 0.15) is 5.75 Å². The summed E-state index contributed by atoms with van der Waals surface area (Å²) in [5.41, 5.74) is 2.39. The number of nitrogens with one attached hydrogen (secondary N) is 1. The fourth-order valence-electron chi connectivity index (χ4n) is 2.56. The molecule has 4 nitrogen and oxygen atoms in total. The Balaban J connectivity index is 1.90. The number of likely N-dealkylation sites (N-methyl/N-ethyl adjacent to an activating group) is 1. The highest BCUT2D eigenvalue weighted by Gasteiger charge is 2.10. The van der Waals surface area contributed by atoms with Crippen molar-refractivity contribution < 1.29 is 5.11 Å². The van der Waals surface area contributed by atoms with Crippen molar-refractivity contribution in [3.63, 3.8) is 0 Å². The molecule has 1 aliphatic heterocycles. The highest BCUT2D eigenvalue weighted by atomic mass is 16.3. The van der Waals surface area contributed by atoms with E-state index < -0.39 is 0 Å². The van der Waals surface area contributed by atoms with Crippen LogP contribution in [0.1, 0.15) is 11.1 Å². The van der Waals surface area contributed by atoms with Gasteiger partial charge in [0.25, 0.3) is 0 Å². The van der Waals surface area contributed by atoms with Crippen LogP contribution in [0.2, 0.25) is 0 Å². The summed E-state index contributed by atoms with van der Waals surface area (Å²) in [7, 11) is 4.18. The van der Waals surface area contributed by atoms with Gasteiger partial charge in [0.15, 0.2) is 0 Å². The lowest BCUT2D eigenvalue weighted by Gasteiger charge is -2.27. The zero-order valence-electron chi connectivity index (χ0n) is 12.7. The van der Waals surface area contributed by atoms with Crippen LogP contribution in [0.5, 0.6) is 5.75 Å². The van der Waals surface area contributed by atoms with Gasteiger partial charge >= 0.3 is 0 Å². The summed E-state index contributed by atoms with van der Waals surface area (Å²) in [6, 6.07) is 6.05. The van der Waals surface area contributed by atoms with E-state index in [9.17, 15) is 5.11 Å². The van der Waals surface area contributed by atoms with Crippen molar-refractivity contribution in [2.24, 2.45) is 0 Å². The number of benzene rings is 1. The normalized spacial score (nSPS) is 16.8. The minimum absolute atomic E-state index is 0.439. The smallest absolute Gasteiger partial charge is 0.118 e. The van der Waals surface area contributed by atoms with Gasteiger partial charge in [0, 0.05) is 39.3 Å². The third-order valence-electron chi connectivity index (χ3n) is 3.90. The van der Waals surface area contributed by atoms with Crippen LogP contribution >= 0.6 is 0 Å². The van der Waals surface area contributed by atoms with E-state index in [-0.39, 0.29) is 0 Å². The Kier molecular flexibility index (Phi) is 5.83. The SMILES string of the molecule is CN(C)CCc1ccc(O)c(CCN2CCNCC2)c1. The zero-order chi connectivity index (χ0) is 14.4. The van der Waals surface area contributed by atoms with Crippen molar-refractivity contribution in [1.29, 1.82) is 0 Å². The number of aromatic hydroxyl groups is 1. The van der Waals surface area contributed by atoms with E-state index in [1.807, 2.05) is 12.1 Å². The second-order valence-electron chi connectivity index (χ2n) is 5.86. The summed E-state index contributed by atoms with van der Waals surface area (Å²) >= 11 is 0. The van der Waals surface area contributed by atoms with E-state index in [2.05, 4.69) is 35.3 Å². The summed E-state index contributed by atoms with van der Waals surface area (Å²) in [5, 5.41) is 13.4. The third kappa shape index (κ3) is 4.78. The van der Waals surface area contributed by atoms with Crippen LogP contribution in [0.15, 0.2) is 18.2 Å². The van der Waals surface area contributed by atoms with Crippen molar-refractivity contribution in [1.82, 2.24) is 15.1 Å². The van der Waals surface area contributed by atoms with Crippen LogP contribution in [-0.4, -0.2) is 68.3 Å². The van der Waals surface area contributed by atoms with Crippen LogP contribution in [0.25, 0.3) is 0 Å². The quantitative estimate of drug-likeness (QED) is 0.812. The van der Waals surface area contributed by atoms with Crippen molar-refractivity contribution in [3.8, 4) is 5.75 Å². The molecule has 0 bridgehead atoms. The number of phenolic OH excluding ortho intramolecular Hbond substituents is 1. The monoisotopic (exact) mass is 277 g/mol. The van der Waals surface area contributed by atoms with Crippen molar-refractivity contribution >= 4 is 0 Å². The first kappa shape index (κ1) is 15.3. The Morgan fingerprint density at radius 1 is 1.20 bits per heavy atom.